The molecule has 0 radical (unpaired) electrons. The third-order valence-corrected chi connectivity index (χ3v) is 3.60. The summed E-state index contributed by atoms with van der Waals surface area (Å²) < 4.78 is 0. The summed E-state index contributed by atoms with van der Waals surface area (Å²) in [5.74, 6) is -0.0113. The molecule has 1 unspecified atom stereocenters. The van der Waals surface area contributed by atoms with Crippen molar-refractivity contribution in [3.05, 3.63) is 36.3 Å². The maximum absolute atomic E-state index is 12.2. The van der Waals surface area contributed by atoms with Crippen LogP contribution in [-0.4, -0.2) is 44.8 Å². The van der Waals surface area contributed by atoms with E-state index in [-0.39, 0.29) is 11.9 Å². The Balaban J connectivity index is 2.21. The average molecular weight is 311 g/mol. The number of aromatic nitrogens is 4. The molecule has 118 valence electrons. The van der Waals surface area contributed by atoms with Gasteiger partial charge in [0, 0.05) is 43.6 Å². The number of pyridine rings is 1. The van der Waals surface area contributed by atoms with Crippen LogP contribution in [0.5, 0.6) is 0 Å². The molecule has 3 heterocycles. The Labute approximate surface area is 132 Å². The van der Waals surface area contributed by atoms with Crippen LogP contribution in [0, 0.1) is 0 Å². The van der Waals surface area contributed by atoms with Gasteiger partial charge in [0.25, 0.3) is 0 Å². The van der Waals surface area contributed by atoms with Gasteiger partial charge in [0.05, 0.1) is 5.69 Å². The predicted molar refractivity (Wildman–Crippen MR) is 87.2 cm³/mol. The van der Waals surface area contributed by atoms with E-state index in [1.165, 1.54) is 4.90 Å². The number of anilines is 1. The van der Waals surface area contributed by atoms with Gasteiger partial charge in [-0.25, -0.2) is 15.0 Å². The second-order valence-corrected chi connectivity index (χ2v) is 5.34. The minimum atomic E-state index is -0.788. The van der Waals surface area contributed by atoms with E-state index in [4.69, 9.17) is 11.5 Å². The smallest absolute Gasteiger partial charge is 0.243 e. The molecule has 5 N–H and O–H groups in total. The average Bonchev–Trinajstić information content (AvgIpc) is 2.97. The number of aromatic amines is 1. The molecule has 0 spiro atoms. The number of amides is 1. The quantitative estimate of drug-likeness (QED) is 0.653. The number of fused-ring (bicyclic) bond motifs is 1. The second-order valence-electron chi connectivity index (χ2n) is 5.34. The van der Waals surface area contributed by atoms with Crippen LogP contribution in [0.25, 0.3) is 22.3 Å². The first-order chi connectivity index (χ1) is 11.0. The summed E-state index contributed by atoms with van der Waals surface area (Å²) in [4.78, 5) is 29.2. The molecule has 0 aliphatic rings. The van der Waals surface area contributed by atoms with Crippen molar-refractivity contribution in [2.75, 3.05) is 19.8 Å². The molecule has 0 saturated heterocycles. The number of carbonyl (C=O) groups excluding carboxylic acids is 1. The Morgan fingerprint density at radius 3 is 2.70 bits per heavy atom. The molecule has 3 aromatic rings. The Bertz CT molecular complexity index is 871. The summed E-state index contributed by atoms with van der Waals surface area (Å²) in [5.41, 5.74) is 14.5. The standard InChI is InChI=1S/C15H17N7O/c1-22(2)14(23)12(16)8-3-5-18-13-11(8)9(7-20-13)10-4-6-19-15(17)21-10/h3-7,12H,16H2,1-2H3,(H,18,20)(H2,17,19,21). The lowest BCUT2D eigenvalue weighted by Crippen LogP contribution is -2.33. The van der Waals surface area contributed by atoms with E-state index >= 15 is 0 Å². The highest BCUT2D eigenvalue weighted by atomic mass is 16.2. The summed E-state index contributed by atoms with van der Waals surface area (Å²) in [5, 5.41) is 0.758. The molecule has 0 aliphatic heterocycles. The number of carbonyl (C=O) groups is 1. The monoisotopic (exact) mass is 311 g/mol. The first kappa shape index (κ1) is 14.9. The first-order valence-corrected chi connectivity index (χ1v) is 7.00. The van der Waals surface area contributed by atoms with E-state index in [0.717, 1.165) is 10.9 Å². The fourth-order valence-corrected chi connectivity index (χ4v) is 2.48. The lowest BCUT2D eigenvalue weighted by atomic mass is 10.0. The topological polar surface area (TPSA) is 127 Å². The van der Waals surface area contributed by atoms with E-state index in [1.54, 1.807) is 44.8 Å². The molecular formula is C15H17N7O. The van der Waals surface area contributed by atoms with E-state index in [1.807, 2.05) is 0 Å². The van der Waals surface area contributed by atoms with Gasteiger partial charge in [-0.2, -0.15) is 0 Å². The summed E-state index contributed by atoms with van der Waals surface area (Å²) in [6, 6.07) is 2.70. The lowest BCUT2D eigenvalue weighted by Gasteiger charge is -2.18. The van der Waals surface area contributed by atoms with Gasteiger partial charge >= 0.3 is 0 Å². The van der Waals surface area contributed by atoms with Crippen LogP contribution in [-0.2, 0) is 4.79 Å². The number of H-pyrrole nitrogens is 1. The summed E-state index contributed by atoms with van der Waals surface area (Å²) >= 11 is 0. The van der Waals surface area contributed by atoms with E-state index in [2.05, 4.69) is 19.9 Å². The van der Waals surface area contributed by atoms with Crippen molar-refractivity contribution in [3.63, 3.8) is 0 Å². The van der Waals surface area contributed by atoms with Gasteiger partial charge in [-0.1, -0.05) is 0 Å². The van der Waals surface area contributed by atoms with Gasteiger partial charge in [-0.15, -0.1) is 0 Å². The Morgan fingerprint density at radius 1 is 1.26 bits per heavy atom. The number of rotatable bonds is 3. The molecular weight excluding hydrogens is 294 g/mol. The summed E-state index contributed by atoms with van der Waals surface area (Å²) in [7, 11) is 3.34. The molecule has 0 saturated carbocycles. The van der Waals surface area contributed by atoms with E-state index < -0.39 is 6.04 Å². The molecule has 3 aromatic heterocycles. The van der Waals surface area contributed by atoms with Crippen molar-refractivity contribution < 1.29 is 4.79 Å². The number of nitrogens with two attached hydrogens (primary N) is 2. The second kappa shape index (κ2) is 5.65. The Morgan fingerprint density at radius 2 is 2.00 bits per heavy atom. The maximum Gasteiger partial charge on any atom is 0.243 e. The highest BCUT2D eigenvalue weighted by Gasteiger charge is 2.23. The SMILES string of the molecule is CN(C)C(=O)C(N)c1ccnc2[nH]cc(-c3ccnc(N)n3)c12. The Kier molecular flexibility index (Phi) is 3.67. The highest BCUT2D eigenvalue weighted by Crippen LogP contribution is 2.31. The molecule has 0 aromatic carbocycles. The van der Waals surface area contributed by atoms with Crippen molar-refractivity contribution in [1.82, 2.24) is 24.8 Å². The lowest BCUT2D eigenvalue weighted by molar-refractivity contribution is -0.130. The van der Waals surface area contributed by atoms with Crippen LogP contribution in [0.4, 0.5) is 5.95 Å². The molecule has 1 amide bonds. The molecule has 0 fully saturated rings. The number of nitrogen functional groups attached to an aromatic ring is 1. The van der Waals surface area contributed by atoms with Crippen LogP contribution in [0.2, 0.25) is 0 Å². The van der Waals surface area contributed by atoms with Crippen LogP contribution >= 0.6 is 0 Å². The van der Waals surface area contributed by atoms with E-state index in [9.17, 15) is 4.79 Å². The van der Waals surface area contributed by atoms with Gasteiger partial charge in [0.2, 0.25) is 11.9 Å². The van der Waals surface area contributed by atoms with Crippen molar-refractivity contribution in [1.29, 1.82) is 0 Å². The van der Waals surface area contributed by atoms with Crippen LogP contribution in [0.3, 0.4) is 0 Å². The number of hydrogen-bond donors (Lipinski definition) is 3. The normalized spacial score (nSPS) is 12.3. The highest BCUT2D eigenvalue weighted by molar-refractivity contribution is 5.98. The molecule has 8 heteroatoms. The molecule has 23 heavy (non-hydrogen) atoms. The number of nitrogens with one attached hydrogen (secondary N) is 1. The number of likely N-dealkylation sites (N-methyl/N-ethyl adjacent to an activating group) is 1. The predicted octanol–water partition coefficient (Wildman–Crippen LogP) is 0.690. The molecule has 0 aliphatic carbocycles. The fraction of sp³-hybridized carbons (Fsp3) is 0.200. The van der Waals surface area contributed by atoms with Crippen LogP contribution < -0.4 is 11.5 Å². The van der Waals surface area contributed by atoms with Gasteiger partial charge in [-0.3, -0.25) is 4.79 Å². The van der Waals surface area contributed by atoms with Crippen LogP contribution in [0.15, 0.2) is 30.7 Å². The first-order valence-electron chi connectivity index (χ1n) is 7.00. The fourth-order valence-electron chi connectivity index (χ4n) is 2.48. The zero-order chi connectivity index (χ0) is 16.6. The third kappa shape index (κ3) is 2.59. The van der Waals surface area contributed by atoms with Crippen LogP contribution in [0.1, 0.15) is 11.6 Å². The van der Waals surface area contributed by atoms with Gasteiger partial charge in [0.1, 0.15) is 11.7 Å². The summed E-state index contributed by atoms with van der Waals surface area (Å²) in [6.07, 6.45) is 4.97. The van der Waals surface area contributed by atoms with Crippen molar-refractivity contribution >= 4 is 22.9 Å². The molecule has 3 rings (SSSR count). The number of nitrogens with zero attached hydrogens (tertiary/aromatic N) is 4. The van der Waals surface area contributed by atoms with E-state index in [0.29, 0.717) is 16.9 Å². The van der Waals surface area contributed by atoms with Crippen molar-refractivity contribution in [2.45, 2.75) is 6.04 Å². The van der Waals surface area contributed by atoms with Crippen molar-refractivity contribution in [3.8, 4) is 11.3 Å². The maximum atomic E-state index is 12.2. The largest absolute Gasteiger partial charge is 0.368 e. The molecule has 8 nitrogen and oxygen atoms in total. The van der Waals surface area contributed by atoms with Crippen molar-refractivity contribution in [2.24, 2.45) is 5.73 Å². The zero-order valence-corrected chi connectivity index (χ0v) is 12.8. The zero-order valence-electron chi connectivity index (χ0n) is 12.8. The van der Waals surface area contributed by atoms with Gasteiger partial charge in [0.15, 0.2) is 0 Å². The number of hydrogen-bond acceptors (Lipinski definition) is 6. The third-order valence-electron chi connectivity index (χ3n) is 3.60. The van der Waals surface area contributed by atoms with Gasteiger partial charge < -0.3 is 21.4 Å². The molecule has 0 bridgehead atoms. The Hall–Kier alpha value is -3.00. The van der Waals surface area contributed by atoms with Gasteiger partial charge in [-0.05, 0) is 17.7 Å². The molecule has 1 atom stereocenters. The minimum absolute atomic E-state index is 0.177. The summed E-state index contributed by atoms with van der Waals surface area (Å²) in [6.45, 7) is 0. The minimum Gasteiger partial charge on any atom is -0.368 e.